The summed E-state index contributed by atoms with van der Waals surface area (Å²) in [7, 11) is 1.75. The lowest BCUT2D eigenvalue weighted by molar-refractivity contribution is 0.313. The number of nitrogens with zero attached hydrogens (tertiary/aromatic N) is 2. The van der Waals surface area contributed by atoms with Crippen LogP contribution in [0.15, 0.2) is 6.20 Å². The summed E-state index contributed by atoms with van der Waals surface area (Å²) in [5.41, 5.74) is 1.24. The summed E-state index contributed by atoms with van der Waals surface area (Å²) in [6, 6.07) is 0.353. The Morgan fingerprint density at radius 3 is 2.70 bits per heavy atom. The third-order valence-corrected chi connectivity index (χ3v) is 4.30. The number of ether oxygens (including phenoxy) is 1. The Hall–Kier alpha value is -1.03. The van der Waals surface area contributed by atoms with E-state index in [1.54, 1.807) is 7.11 Å². The van der Waals surface area contributed by atoms with E-state index in [0.29, 0.717) is 12.0 Å². The fourth-order valence-electron chi connectivity index (χ4n) is 2.96. The zero-order valence-corrected chi connectivity index (χ0v) is 13.4. The summed E-state index contributed by atoms with van der Waals surface area (Å²) in [5.74, 6) is 2.43. The van der Waals surface area contributed by atoms with Crippen molar-refractivity contribution in [3.63, 3.8) is 0 Å². The third-order valence-electron chi connectivity index (χ3n) is 4.30. The molecule has 0 aromatic carbocycles. The van der Waals surface area contributed by atoms with Gasteiger partial charge in [0.1, 0.15) is 0 Å². The minimum absolute atomic E-state index is 0.353. The zero-order valence-electron chi connectivity index (χ0n) is 13.4. The second kappa shape index (κ2) is 7.11. The number of aromatic nitrogens is 2. The molecule has 2 rings (SSSR count). The highest BCUT2D eigenvalue weighted by molar-refractivity contribution is 5.29. The van der Waals surface area contributed by atoms with Crippen LogP contribution in [0.2, 0.25) is 0 Å². The van der Waals surface area contributed by atoms with Gasteiger partial charge < -0.3 is 10.1 Å². The van der Waals surface area contributed by atoms with E-state index in [1.807, 2.05) is 6.20 Å². The zero-order chi connectivity index (χ0) is 14.5. The SMILES string of the molecule is CCCNC(c1c(OC)cnn1CCC)C(C)C1CC1. The van der Waals surface area contributed by atoms with Gasteiger partial charge in [0.15, 0.2) is 5.75 Å². The molecule has 1 heterocycles. The molecule has 1 aromatic heterocycles. The van der Waals surface area contributed by atoms with Gasteiger partial charge in [0.05, 0.1) is 25.0 Å². The highest BCUT2D eigenvalue weighted by atomic mass is 16.5. The first-order chi connectivity index (χ1) is 9.72. The van der Waals surface area contributed by atoms with E-state index in [2.05, 4.69) is 35.9 Å². The predicted molar refractivity (Wildman–Crippen MR) is 82.0 cm³/mol. The molecule has 0 bridgehead atoms. The Morgan fingerprint density at radius 2 is 2.15 bits per heavy atom. The molecule has 4 heteroatoms. The van der Waals surface area contributed by atoms with Crippen molar-refractivity contribution >= 4 is 0 Å². The number of methoxy groups -OCH3 is 1. The van der Waals surface area contributed by atoms with Crippen LogP contribution in [0.4, 0.5) is 0 Å². The summed E-state index contributed by atoms with van der Waals surface area (Å²) < 4.78 is 7.69. The quantitative estimate of drug-likeness (QED) is 0.753. The molecule has 4 nitrogen and oxygen atoms in total. The van der Waals surface area contributed by atoms with Gasteiger partial charge in [0, 0.05) is 6.54 Å². The van der Waals surface area contributed by atoms with E-state index < -0.39 is 0 Å². The second-order valence-electron chi connectivity index (χ2n) is 5.95. The van der Waals surface area contributed by atoms with Gasteiger partial charge in [0.25, 0.3) is 0 Å². The molecule has 1 aromatic rings. The molecule has 2 atom stereocenters. The van der Waals surface area contributed by atoms with Crippen molar-refractivity contribution in [2.75, 3.05) is 13.7 Å². The number of rotatable bonds is 9. The average molecular weight is 279 g/mol. The van der Waals surface area contributed by atoms with Crippen LogP contribution in [0.5, 0.6) is 5.75 Å². The maximum atomic E-state index is 5.56. The van der Waals surface area contributed by atoms with Gasteiger partial charge in [-0.15, -0.1) is 0 Å². The Morgan fingerprint density at radius 1 is 1.40 bits per heavy atom. The lowest BCUT2D eigenvalue weighted by Crippen LogP contribution is -2.31. The largest absolute Gasteiger partial charge is 0.493 e. The molecule has 0 saturated heterocycles. The van der Waals surface area contributed by atoms with Gasteiger partial charge in [-0.05, 0) is 44.1 Å². The predicted octanol–water partition coefficient (Wildman–Crippen LogP) is 3.39. The molecular weight excluding hydrogens is 250 g/mol. The number of hydrogen-bond donors (Lipinski definition) is 1. The van der Waals surface area contributed by atoms with Crippen molar-refractivity contribution < 1.29 is 4.74 Å². The lowest BCUT2D eigenvalue weighted by Gasteiger charge is -2.27. The van der Waals surface area contributed by atoms with Gasteiger partial charge >= 0.3 is 0 Å². The smallest absolute Gasteiger partial charge is 0.161 e. The van der Waals surface area contributed by atoms with Gasteiger partial charge in [-0.3, -0.25) is 4.68 Å². The van der Waals surface area contributed by atoms with E-state index >= 15 is 0 Å². The second-order valence-corrected chi connectivity index (χ2v) is 5.95. The summed E-state index contributed by atoms with van der Waals surface area (Å²) in [6.07, 6.45) is 6.85. The van der Waals surface area contributed by atoms with E-state index in [0.717, 1.165) is 37.6 Å². The minimum Gasteiger partial charge on any atom is -0.493 e. The van der Waals surface area contributed by atoms with Crippen LogP contribution < -0.4 is 10.1 Å². The summed E-state index contributed by atoms with van der Waals surface area (Å²) in [5, 5.41) is 8.25. The van der Waals surface area contributed by atoms with E-state index in [-0.39, 0.29) is 0 Å². The van der Waals surface area contributed by atoms with Crippen LogP contribution in [0.25, 0.3) is 0 Å². The van der Waals surface area contributed by atoms with Crippen LogP contribution in [0, 0.1) is 11.8 Å². The first-order valence-electron chi connectivity index (χ1n) is 8.05. The van der Waals surface area contributed by atoms with E-state index in [9.17, 15) is 0 Å². The molecule has 0 aliphatic heterocycles. The summed E-state index contributed by atoms with van der Waals surface area (Å²) >= 11 is 0. The average Bonchev–Trinajstić information content (AvgIpc) is 3.23. The molecule has 1 saturated carbocycles. The number of hydrogen-bond acceptors (Lipinski definition) is 3. The van der Waals surface area contributed by atoms with Crippen LogP contribution in [0.1, 0.15) is 58.2 Å². The molecule has 0 radical (unpaired) electrons. The third kappa shape index (κ3) is 3.35. The van der Waals surface area contributed by atoms with Crippen LogP contribution in [-0.2, 0) is 6.54 Å². The fourth-order valence-corrected chi connectivity index (χ4v) is 2.96. The highest BCUT2D eigenvalue weighted by Crippen LogP contribution is 2.44. The standard InChI is InChI=1S/C16H29N3O/c1-5-9-17-15(12(3)13-7-8-13)16-14(20-4)11-18-19(16)10-6-2/h11-13,15,17H,5-10H2,1-4H3. The first-order valence-corrected chi connectivity index (χ1v) is 8.05. The van der Waals surface area contributed by atoms with Crippen molar-refractivity contribution in [3.8, 4) is 5.75 Å². The molecule has 20 heavy (non-hydrogen) atoms. The molecule has 1 aliphatic carbocycles. The minimum atomic E-state index is 0.353. The van der Waals surface area contributed by atoms with Gasteiger partial charge in [-0.1, -0.05) is 20.8 Å². The molecule has 1 aliphatic rings. The van der Waals surface area contributed by atoms with Gasteiger partial charge in [-0.25, -0.2) is 0 Å². The van der Waals surface area contributed by atoms with Crippen molar-refractivity contribution in [2.24, 2.45) is 11.8 Å². The van der Waals surface area contributed by atoms with Crippen molar-refractivity contribution in [1.82, 2.24) is 15.1 Å². The molecule has 114 valence electrons. The normalized spacial score (nSPS) is 18.0. The summed E-state index contributed by atoms with van der Waals surface area (Å²) in [4.78, 5) is 0. The Balaban J connectivity index is 2.27. The topological polar surface area (TPSA) is 39.1 Å². The Kier molecular flexibility index (Phi) is 5.46. The number of aryl methyl sites for hydroxylation is 1. The molecule has 0 spiro atoms. The van der Waals surface area contributed by atoms with Crippen molar-refractivity contribution in [3.05, 3.63) is 11.9 Å². The van der Waals surface area contributed by atoms with E-state index in [1.165, 1.54) is 18.5 Å². The maximum absolute atomic E-state index is 5.56. The highest BCUT2D eigenvalue weighted by Gasteiger charge is 2.36. The fraction of sp³-hybridized carbons (Fsp3) is 0.812. The molecule has 1 fully saturated rings. The van der Waals surface area contributed by atoms with Crippen molar-refractivity contribution in [2.45, 2.75) is 59.0 Å². The van der Waals surface area contributed by atoms with Gasteiger partial charge in [0.2, 0.25) is 0 Å². The van der Waals surface area contributed by atoms with Crippen molar-refractivity contribution in [1.29, 1.82) is 0 Å². The van der Waals surface area contributed by atoms with E-state index in [4.69, 9.17) is 4.74 Å². The number of nitrogens with one attached hydrogen (secondary N) is 1. The monoisotopic (exact) mass is 279 g/mol. The van der Waals surface area contributed by atoms with Crippen LogP contribution in [0.3, 0.4) is 0 Å². The Labute approximate surface area is 122 Å². The Bertz CT molecular complexity index is 412. The van der Waals surface area contributed by atoms with Crippen LogP contribution >= 0.6 is 0 Å². The molecule has 1 N–H and O–H groups in total. The molecular formula is C16H29N3O. The molecule has 2 unspecified atom stereocenters. The molecule has 0 amide bonds. The van der Waals surface area contributed by atoms with Crippen LogP contribution in [-0.4, -0.2) is 23.4 Å². The van der Waals surface area contributed by atoms with Gasteiger partial charge in [-0.2, -0.15) is 5.10 Å². The maximum Gasteiger partial charge on any atom is 0.161 e. The first kappa shape index (κ1) is 15.4. The lowest BCUT2D eigenvalue weighted by atomic mass is 9.93. The summed E-state index contributed by atoms with van der Waals surface area (Å²) in [6.45, 7) is 8.78.